The lowest BCUT2D eigenvalue weighted by atomic mass is 10.1. The zero-order valence-corrected chi connectivity index (χ0v) is 17.6. The van der Waals surface area contributed by atoms with Crippen molar-refractivity contribution < 1.29 is 33.6 Å². The third-order valence-corrected chi connectivity index (χ3v) is 4.43. The molecule has 1 amide bonds. The molecule has 8 heteroatoms. The number of aliphatic hydroxyl groups is 1. The minimum atomic E-state index is -0.921. The maximum Gasteiger partial charge on any atom is 0.408 e. The average Bonchev–Trinajstić information content (AvgIpc) is 3.01. The third-order valence-electron chi connectivity index (χ3n) is 4.43. The summed E-state index contributed by atoms with van der Waals surface area (Å²) < 4.78 is 21.0. The lowest BCUT2D eigenvalue weighted by Crippen LogP contribution is -2.34. The van der Waals surface area contributed by atoms with Crippen LogP contribution in [0.25, 0.3) is 0 Å². The number of carbonyl (C=O) groups excluding carboxylic acids is 2. The molecule has 0 bridgehead atoms. The van der Waals surface area contributed by atoms with E-state index in [9.17, 15) is 14.7 Å². The van der Waals surface area contributed by atoms with Gasteiger partial charge in [0.2, 0.25) is 0 Å². The monoisotopic (exact) mass is 409 g/mol. The molecular weight excluding hydrogens is 378 g/mol. The largest absolute Gasteiger partial charge is 0.457 e. The van der Waals surface area contributed by atoms with Gasteiger partial charge in [-0.25, -0.2) is 9.59 Å². The molecule has 0 aromatic heterocycles. The van der Waals surface area contributed by atoms with Gasteiger partial charge in [0, 0.05) is 13.5 Å². The Hall–Kier alpha value is -2.16. The van der Waals surface area contributed by atoms with E-state index >= 15 is 0 Å². The molecule has 1 aromatic rings. The van der Waals surface area contributed by atoms with Crippen LogP contribution in [0.2, 0.25) is 0 Å². The van der Waals surface area contributed by atoms with Crippen molar-refractivity contribution in [1.82, 2.24) is 5.32 Å². The first-order valence-corrected chi connectivity index (χ1v) is 9.66. The molecular formula is C21H31NO7. The molecule has 2 rings (SSSR count). The molecule has 1 saturated heterocycles. The van der Waals surface area contributed by atoms with Crippen LogP contribution in [-0.2, 0) is 30.3 Å². The van der Waals surface area contributed by atoms with Gasteiger partial charge in [-0.05, 0) is 38.8 Å². The van der Waals surface area contributed by atoms with E-state index in [1.54, 1.807) is 0 Å². The summed E-state index contributed by atoms with van der Waals surface area (Å²) in [5.74, 6) is -0.462. The van der Waals surface area contributed by atoms with E-state index in [2.05, 4.69) is 5.32 Å². The number of carbonyl (C=O) groups is 2. The molecule has 0 aliphatic carbocycles. The van der Waals surface area contributed by atoms with Crippen LogP contribution in [-0.4, -0.2) is 54.8 Å². The van der Waals surface area contributed by atoms with Crippen molar-refractivity contribution in [2.24, 2.45) is 0 Å². The van der Waals surface area contributed by atoms with Crippen molar-refractivity contribution in [2.45, 2.75) is 70.7 Å². The number of nitrogens with one attached hydrogen (secondary N) is 1. The van der Waals surface area contributed by atoms with Gasteiger partial charge in [-0.15, -0.1) is 0 Å². The molecule has 0 saturated carbocycles. The van der Waals surface area contributed by atoms with Crippen LogP contribution in [0.1, 0.15) is 51.3 Å². The summed E-state index contributed by atoms with van der Waals surface area (Å²) in [5, 5.41) is 13.0. The van der Waals surface area contributed by atoms with Crippen LogP contribution < -0.4 is 5.32 Å². The zero-order chi connectivity index (χ0) is 21.6. The third kappa shape index (κ3) is 7.30. The SMILES string of the molecule is CO[C@@H]1C[C@@H]([C@H](O)COCc2cccc(C(C)NC(=O)OC(C)(C)C)c2)OC1=O. The predicted molar refractivity (Wildman–Crippen MR) is 105 cm³/mol. The number of aliphatic hydroxyl groups excluding tert-OH is 1. The van der Waals surface area contributed by atoms with Crippen molar-refractivity contribution in [3.05, 3.63) is 35.4 Å². The number of methoxy groups -OCH3 is 1. The van der Waals surface area contributed by atoms with Crippen LogP contribution in [0.4, 0.5) is 4.79 Å². The Morgan fingerprint density at radius 1 is 1.38 bits per heavy atom. The molecule has 1 unspecified atom stereocenters. The van der Waals surface area contributed by atoms with Crippen molar-refractivity contribution in [3.63, 3.8) is 0 Å². The summed E-state index contributed by atoms with van der Waals surface area (Å²) in [7, 11) is 1.43. The minimum Gasteiger partial charge on any atom is -0.457 e. The Labute approximate surface area is 171 Å². The lowest BCUT2D eigenvalue weighted by Gasteiger charge is -2.22. The number of alkyl carbamates (subject to hydrolysis) is 1. The average molecular weight is 409 g/mol. The van der Waals surface area contributed by atoms with Gasteiger partial charge in [0.05, 0.1) is 19.3 Å². The topological polar surface area (TPSA) is 103 Å². The second-order valence-corrected chi connectivity index (χ2v) is 8.13. The molecule has 162 valence electrons. The Bertz CT molecular complexity index is 701. The van der Waals surface area contributed by atoms with Crippen LogP contribution >= 0.6 is 0 Å². The number of ether oxygens (including phenoxy) is 4. The van der Waals surface area contributed by atoms with Gasteiger partial charge in [0.25, 0.3) is 0 Å². The summed E-state index contributed by atoms with van der Waals surface area (Å²) in [6.45, 7) is 7.61. The molecule has 8 nitrogen and oxygen atoms in total. The van der Waals surface area contributed by atoms with E-state index in [-0.39, 0.29) is 19.3 Å². The number of hydrogen-bond acceptors (Lipinski definition) is 7. The molecule has 1 aliphatic rings. The number of benzene rings is 1. The molecule has 29 heavy (non-hydrogen) atoms. The highest BCUT2D eigenvalue weighted by Crippen LogP contribution is 2.21. The summed E-state index contributed by atoms with van der Waals surface area (Å²) in [6, 6.07) is 7.36. The minimum absolute atomic E-state index is 0.0321. The normalized spacial score (nSPS) is 21.4. The molecule has 1 fully saturated rings. The predicted octanol–water partition coefficient (Wildman–Crippen LogP) is 2.48. The Kier molecular flexibility index (Phi) is 8.01. The van der Waals surface area contributed by atoms with Gasteiger partial charge in [-0.1, -0.05) is 24.3 Å². The van der Waals surface area contributed by atoms with E-state index in [1.807, 2.05) is 52.0 Å². The molecule has 1 aromatic carbocycles. The standard InChI is InChI=1S/C21H31NO7/c1-13(22-20(25)29-21(2,3)4)15-8-6-7-14(9-15)11-27-12-16(23)17-10-18(26-5)19(24)28-17/h6-9,13,16-18,23H,10-12H2,1-5H3,(H,22,25)/t13?,16-,17+,18-/m1/s1. The number of hydrogen-bond donors (Lipinski definition) is 2. The number of esters is 1. The second kappa shape index (κ2) is 10.0. The first kappa shape index (κ1) is 23.1. The highest BCUT2D eigenvalue weighted by molar-refractivity contribution is 5.77. The van der Waals surface area contributed by atoms with Gasteiger partial charge in [-0.2, -0.15) is 0 Å². The van der Waals surface area contributed by atoms with Gasteiger partial charge >= 0.3 is 12.1 Å². The van der Waals surface area contributed by atoms with Crippen LogP contribution in [0.3, 0.4) is 0 Å². The molecule has 0 spiro atoms. The lowest BCUT2D eigenvalue weighted by molar-refractivity contribution is -0.152. The summed E-state index contributed by atoms with van der Waals surface area (Å²) >= 11 is 0. The van der Waals surface area contributed by atoms with Crippen molar-refractivity contribution in [2.75, 3.05) is 13.7 Å². The highest BCUT2D eigenvalue weighted by atomic mass is 16.6. The van der Waals surface area contributed by atoms with Gasteiger partial charge in [0.1, 0.15) is 17.8 Å². The van der Waals surface area contributed by atoms with E-state index in [0.717, 1.165) is 11.1 Å². The molecule has 2 N–H and O–H groups in total. The maximum atomic E-state index is 11.9. The summed E-state index contributed by atoms with van der Waals surface area (Å²) in [6.07, 6.45) is -2.35. The van der Waals surface area contributed by atoms with E-state index in [1.165, 1.54) is 7.11 Å². The van der Waals surface area contributed by atoms with Crippen LogP contribution in [0.5, 0.6) is 0 Å². The number of cyclic esters (lactones) is 1. The van der Waals surface area contributed by atoms with Crippen LogP contribution in [0, 0.1) is 0 Å². The van der Waals surface area contributed by atoms with Gasteiger partial charge < -0.3 is 29.4 Å². The highest BCUT2D eigenvalue weighted by Gasteiger charge is 2.38. The fraction of sp³-hybridized carbons (Fsp3) is 0.619. The van der Waals surface area contributed by atoms with Crippen molar-refractivity contribution >= 4 is 12.1 Å². The van der Waals surface area contributed by atoms with Gasteiger partial charge in [-0.3, -0.25) is 0 Å². The van der Waals surface area contributed by atoms with E-state index in [4.69, 9.17) is 18.9 Å². The quantitative estimate of drug-likeness (QED) is 0.636. The van der Waals surface area contributed by atoms with Crippen molar-refractivity contribution in [3.8, 4) is 0 Å². The fourth-order valence-corrected chi connectivity index (χ4v) is 2.93. The Balaban J connectivity index is 1.82. The first-order chi connectivity index (χ1) is 13.6. The smallest absolute Gasteiger partial charge is 0.408 e. The molecule has 1 heterocycles. The molecule has 4 atom stereocenters. The van der Waals surface area contributed by atoms with Gasteiger partial charge in [0.15, 0.2) is 6.10 Å². The second-order valence-electron chi connectivity index (χ2n) is 8.13. The van der Waals surface area contributed by atoms with E-state index < -0.39 is 36.0 Å². The van der Waals surface area contributed by atoms with Crippen molar-refractivity contribution in [1.29, 1.82) is 0 Å². The molecule has 0 radical (unpaired) electrons. The summed E-state index contributed by atoms with van der Waals surface area (Å²) in [4.78, 5) is 23.5. The van der Waals surface area contributed by atoms with E-state index in [0.29, 0.717) is 6.42 Å². The molecule has 1 aliphatic heterocycles. The Morgan fingerprint density at radius 2 is 2.10 bits per heavy atom. The summed E-state index contributed by atoms with van der Waals surface area (Å²) in [5.41, 5.74) is 1.24. The first-order valence-electron chi connectivity index (χ1n) is 9.66. The maximum absolute atomic E-state index is 11.9. The van der Waals surface area contributed by atoms with Crippen LogP contribution in [0.15, 0.2) is 24.3 Å². The fourth-order valence-electron chi connectivity index (χ4n) is 2.93. The number of amides is 1. The number of rotatable bonds is 8. The Morgan fingerprint density at radius 3 is 2.72 bits per heavy atom. The zero-order valence-electron chi connectivity index (χ0n) is 17.6.